The predicted octanol–water partition coefficient (Wildman–Crippen LogP) is 4.52. The van der Waals surface area contributed by atoms with Gasteiger partial charge in [0.25, 0.3) is 0 Å². The second kappa shape index (κ2) is 9.19. The van der Waals surface area contributed by atoms with Crippen LogP contribution in [0.4, 0.5) is 13.2 Å². The van der Waals surface area contributed by atoms with Gasteiger partial charge in [-0.3, -0.25) is 5.41 Å². The number of rotatable bonds is 7. The number of nitrogens with zero attached hydrogens (tertiary/aromatic N) is 3. The van der Waals surface area contributed by atoms with Gasteiger partial charge in [-0.2, -0.15) is 18.2 Å². The van der Waals surface area contributed by atoms with Crippen LogP contribution in [0.1, 0.15) is 50.1 Å². The first-order valence-corrected chi connectivity index (χ1v) is 9.75. The number of unbranched alkanes of at least 4 members (excludes halogenated alkanes) is 1. The van der Waals surface area contributed by atoms with Gasteiger partial charge < -0.3 is 19.9 Å². The lowest BCUT2D eigenvalue weighted by Gasteiger charge is -2.21. The van der Waals surface area contributed by atoms with Crippen LogP contribution in [0.15, 0.2) is 34.9 Å². The van der Waals surface area contributed by atoms with E-state index in [2.05, 4.69) is 10.1 Å². The van der Waals surface area contributed by atoms with E-state index in [1.165, 1.54) is 12.1 Å². The number of hydrogen-bond donors (Lipinski definition) is 2. The molecule has 1 aromatic carbocycles. The Morgan fingerprint density at radius 2 is 2.20 bits per heavy atom. The third-order valence-electron chi connectivity index (χ3n) is 4.79. The summed E-state index contributed by atoms with van der Waals surface area (Å²) in [4.78, 5) is 5.88. The van der Waals surface area contributed by atoms with Gasteiger partial charge in [0, 0.05) is 12.1 Å². The Morgan fingerprint density at radius 3 is 2.90 bits per heavy atom. The molecule has 2 heterocycles. The van der Waals surface area contributed by atoms with Crippen LogP contribution in [0.25, 0.3) is 11.4 Å². The number of aromatic nitrogens is 2. The SMILES string of the molecule is CCC/C=C/COc1ccc(-c2noc(C3CCCN3C(=N)N)n2)cc1C(F)(F)F. The van der Waals surface area contributed by atoms with Gasteiger partial charge in [-0.1, -0.05) is 30.7 Å². The first kappa shape index (κ1) is 21.7. The summed E-state index contributed by atoms with van der Waals surface area (Å²) < 4.78 is 51.3. The second-order valence-corrected chi connectivity index (χ2v) is 6.97. The molecular weight excluding hydrogens is 399 g/mol. The van der Waals surface area contributed by atoms with Crippen molar-refractivity contribution in [3.8, 4) is 17.1 Å². The zero-order valence-electron chi connectivity index (χ0n) is 16.6. The molecule has 1 atom stereocenters. The number of benzene rings is 1. The maximum Gasteiger partial charge on any atom is 0.419 e. The molecule has 2 aromatic rings. The first-order chi connectivity index (χ1) is 14.3. The molecule has 0 spiro atoms. The van der Waals surface area contributed by atoms with Crippen LogP contribution in [0.3, 0.4) is 0 Å². The highest BCUT2D eigenvalue weighted by molar-refractivity contribution is 5.75. The third kappa shape index (κ3) is 4.92. The summed E-state index contributed by atoms with van der Waals surface area (Å²) >= 11 is 0. The van der Waals surface area contributed by atoms with E-state index in [0.717, 1.165) is 25.3 Å². The number of allylic oxidation sites excluding steroid dienone is 1. The van der Waals surface area contributed by atoms with E-state index in [0.29, 0.717) is 13.0 Å². The first-order valence-electron chi connectivity index (χ1n) is 9.75. The maximum absolute atomic E-state index is 13.6. The molecule has 0 bridgehead atoms. The monoisotopic (exact) mass is 423 g/mol. The fourth-order valence-electron chi connectivity index (χ4n) is 3.31. The minimum Gasteiger partial charge on any atom is -0.489 e. The van der Waals surface area contributed by atoms with Gasteiger partial charge in [-0.05, 0) is 37.5 Å². The second-order valence-electron chi connectivity index (χ2n) is 6.97. The van der Waals surface area contributed by atoms with Crippen LogP contribution >= 0.6 is 0 Å². The molecular formula is C20H24F3N5O2. The molecule has 30 heavy (non-hydrogen) atoms. The van der Waals surface area contributed by atoms with Crippen LogP contribution in [0, 0.1) is 5.41 Å². The van der Waals surface area contributed by atoms with Gasteiger partial charge in [0.05, 0.1) is 5.56 Å². The van der Waals surface area contributed by atoms with Gasteiger partial charge in [0.2, 0.25) is 11.7 Å². The van der Waals surface area contributed by atoms with Crippen LogP contribution in [-0.2, 0) is 6.18 Å². The van der Waals surface area contributed by atoms with Crippen molar-refractivity contribution < 1.29 is 22.4 Å². The van der Waals surface area contributed by atoms with E-state index in [-0.39, 0.29) is 41.6 Å². The Bertz CT molecular complexity index is 910. The molecule has 1 unspecified atom stereocenters. The number of guanidine groups is 1. The van der Waals surface area contributed by atoms with Crippen molar-refractivity contribution in [2.45, 2.75) is 44.8 Å². The molecule has 10 heteroatoms. The zero-order chi connectivity index (χ0) is 21.7. The average Bonchev–Trinajstić information content (AvgIpc) is 3.36. The highest BCUT2D eigenvalue weighted by Crippen LogP contribution is 2.39. The number of alkyl halides is 3. The number of likely N-dealkylation sites (tertiary alicyclic amines) is 1. The fourth-order valence-corrected chi connectivity index (χ4v) is 3.31. The lowest BCUT2D eigenvalue weighted by Crippen LogP contribution is -2.35. The lowest BCUT2D eigenvalue weighted by atomic mass is 10.1. The molecule has 1 saturated heterocycles. The van der Waals surface area contributed by atoms with Crippen molar-refractivity contribution in [1.82, 2.24) is 15.0 Å². The Balaban J connectivity index is 1.83. The Morgan fingerprint density at radius 1 is 1.40 bits per heavy atom. The van der Waals surface area contributed by atoms with Crippen LogP contribution in [0.2, 0.25) is 0 Å². The van der Waals surface area contributed by atoms with Gasteiger partial charge >= 0.3 is 6.18 Å². The summed E-state index contributed by atoms with van der Waals surface area (Å²) in [6, 6.07) is 3.34. The number of hydrogen-bond acceptors (Lipinski definition) is 5. The molecule has 0 amide bonds. The van der Waals surface area contributed by atoms with E-state index in [1.807, 2.05) is 13.0 Å². The molecule has 3 rings (SSSR count). The van der Waals surface area contributed by atoms with E-state index < -0.39 is 11.7 Å². The number of halogens is 3. The topological polar surface area (TPSA) is 101 Å². The lowest BCUT2D eigenvalue weighted by molar-refractivity contribution is -0.138. The zero-order valence-corrected chi connectivity index (χ0v) is 16.6. The molecule has 7 nitrogen and oxygen atoms in total. The van der Waals surface area contributed by atoms with Crippen LogP contribution in [0.5, 0.6) is 5.75 Å². The minimum atomic E-state index is -4.60. The number of ether oxygens (including phenoxy) is 1. The van der Waals surface area contributed by atoms with Crippen molar-refractivity contribution in [3.63, 3.8) is 0 Å². The molecule has 0 radical (unpaired) electrons. The standard InChI is InChI=1S/C20H24F3N5O2/c1-2-3-4-5-11-29-16-9-8-13(12-14(16)20(21,22)23)17-26-18(30-27-17)15-7-6-10-28(15)19(24)25/h4-5,8-9,12,15H,2-3,6-7,10-11H2,1H3,(H3,24,25)/b5-4+. The highest BCUT2D eigenvalue weighted by atomic mass is 19.4. The molecule has 1 aliphatic heterocycles. The van der Waals surface area contributed by atoms with Gasteiger partial charge in [0.1, 0.15) is 18.4 Å². The molecule has 0 saturated carbocycles. The summed E-state index contributed by atoms with van der Waals surface area (Å²) in [5.74, 6) is -0.0892. The summed E-state index contributed by atoms with van der Waals surface area (Å²) in [5.41, 5.74) is 4.83. The third-order valence-corrected chi connectivity index (χ3v) is 4.79. The van der Waals surface area contributed by atoms with Crippen LogP contribution < -0.4 is 10.5 Å². The van der Waals surface area contributed by atoms with Gasteiger partial charge in [-0.15, -0.1) is 0 Å². The normalized spacial score (nSPS) is 17.1. The molecule has 3 N–H and O–H groups in total. The largest absolute Gasteiger partial charge is 0.489 e. The van der Waals surface area contributed by atoms with Gasteiger partial charge in [-0.25, -0.2) is 0 Å². The van der Waals surface area contributed by atoms with E-state index in [4.69, 9.17) is 20.4 Å². The predicted molar refractivity (Wildman–Crippen MR) is 105 cm³/mol. The quantitative estimate of drug-likeness (QED) is 0.386. The summed E-state index contributed by atoms with van der Waals surface area (Å²) in [6.07, 6.45) is 2.25. The Kier molecular flexibility index (Phi) is 6.63. The van der Waals surface area contributed by atoms with Crippen LogP contribution in [-0.4, -0.2) is 34.2 Å². The summed E-state index contributed by atoms with van der Waals surface area (Å²) in [7, 11) is 0. The molecule has 1 aromatic heterocycles. The van der Waals surface area contributed by atoms with E-state index in [1.54, 1.807) is 11.0 Å². The Labute approximate surface area is 172 Å². The molecule has 162 valence electrons. The van der Waals surface area contributed by atoms with Gasteiger partial charge in [0.15, 0.2) is 5.96 Å². The number of nitrogens with one attached hydrogen (secondary N) is 1. The van der Waals surface area contributed by atoms with E-state index in [9.17, 15) is 13.2 Å². The minimum absolute atomic E-state index is 0.0419. The summed E-state index contributed by atoms with van der Waals surface area (Å²) in [5, 5.41) is 11.5. The van der Waals surface area contributed by atoms with Crippen molar-refractivity contribution in [2.24, 2.45) is 5.73 Å². The maximum atomic E-state index is 13.6. The van der Waals surface area contributed by atoms with Crippen molar-refractivity contribution in [2.75, 3.05) is 13.2 Å². The number of nitrogens with two attached hydrogens (primary N) is 1. The molecule has 1 aliphatic rings. The fraction of sp³-hybridized carbons (Fsp3) is 0.450. The van der Waals surface area contributed by atoms with Crippen molar-refractivity contribution >= 4 is 5.96 Å². The molecule has 0 aliphatic carbocycles. The van der Waals surface area contributed by atoms with Crippen molar-refractivity contribution in [3.05, 3.63) is 41.8 Å². The van der Waals surface area contributed by atoms with Crippen molar-refractivity contribution in [1.29, 1.82) is 5.41 Å². The average molecular weight is 423 g/mol. The van der Waals surface area contributed by atoms with E-state index >= 15 is 0 Å². The Hall–Kier alpha value is -3.04. The summed E-state index contributed by atoms with van der Waals surface area (Å²) in [6.45, 7) is 2.66. The molecule has 1 fully saturated rings. The highest BCUT2D eigenvalue weighted by Gasteiger charge is 2.36. The smallest absolute Gasteiger partial charge is 0.419 e.